The minimum atomic E-state index is -0.848. The molecule has 0 bridgehead atoms. The quantitative estimate of drug-likeness (QED) is 0.0320. The Balaban J connectivity index is 3.43. The fraction of sp³-hybridized carbons (Fsp3) is 0.882. The van der Waals surface area contributed by atoms with Gasteiger partial charge in [0.25, 0.3) is 0 Å². The Hall–Kier alpha value is -1.92. The third kappa shape index (κ3) is 59.3. The molecule has 436 valence electrons. The summed E-state index contributed by atoms with van der Waals surface area (Å²) in [5, 5.41) is 23.2. The van der Waals surface area contributed by atoms with Crippen LogP contribution < -0.4 is 5.32 Å². The van der Waals surface area contributed by atoms with Gasteiger partial charge in [0.05, 0.1) is 25.4 Å². The number of carbonyl (C=O) groups is 2. The van der Waals surface area contributed by atoms with Crippen LogP contribution in [0, 0.1) is 0 Å². The van der Waals surface area contributed by atoms with Crippen molar-refractivity contribution in [3.63, 3.8) is 0 Å². The molecular weight excluding hydrogens is 911 g/mol. The molecule has 0 aromatic heterocycles. The molecule has 2 unspecified atom stereocenters. The zero-order valence-electron chi connectivity index (χ0n) is 49.8. The lowest BCUT2D eigenvalue weighted by Gasteiger charge is -2.20. The minimum absolute atomic E-state index is 0.00105. The van der Waals surface area contributed by atoms with Crippen molar-refractivity contribution < 1.29 is 24.5 Å². The van der Waals surface area contributed by atoms with Crippen LogP contribution >= 0.6 is 0 Å². The Labute approximate surface area is 462 Å². The summed E-state index contributed by atoms with van der Waals surface area (Å²) >= 11 is 0. The number of ether oxygens (including phenoxy) is 1. The molecule has 74 heavy (non-hydrogen) atoms. The third-order valence-corrected chi connectivity index (χ3v) is 15.4. The van der Waals surface area contributed by atoms with Crippen LogP contribution in [0.1, 0.15) is 361 Å². The highest BCUT2D eigenvalue weighted by atomic mass is 16.5. The van der Waals surface area contributed by atoms with E-state index in [1.54, 1.807) is 6.08 Å². The molecule has 0 spiro atoms. The molecule has 6 heteroatoms. The highest BCUT2D eigenvalue weighted by Crippen LogP contribution is 2.18. The molecule has 0 rings (SSSR count). The van der Waals surface area contributed by atoms with E-state index in [-0.39, 0.29) is 18.5 Å². The Morgan fingerprint density at radius 1 is 0.378 bits per heavy atom. The number of allylic oxidation sites excluding steroid dienone is 5. The van der Waals surface area contributed by atoms with Crippen LogP contribution in [0.5, 0.6) is 0 Å². The Morgan fingerprint density at radius 2 is 0.676 bits per heavy atom. The van der Waals surface area contributed by atoms with Crippen molar-refractivity contribution in [3.8, 4) is 0 Å². The Morgan fingerprint density at radius 3 is 1.05 bits per heavy atom. The Bertz CT molecular complexity index is 1200. The number of hydrogen-bond acceptors (Lipinski definition) is 5. The number of rotatable bonds is 62. The SMILES string of the molecule is CCCCC/C=C\C/C=C\CCCCCCCCCC(=O)OCCCCCCCCCCCCCCCCCCCCCC(=O)NC(CO)C(O)/C=C/CCCCCCCCCCCCCCCCCCCCC. The lowest BCUT2D eigenvalue weighted by Crippen LogP contribution is -2.45. The third-order valence-electron chi connectivity index (χ3n) is 15.4. The molecule has 0 aliphatic rings. The molecule has 0 aliphatic carbocycles. The zero-order chi connectivity index (χ0) is 53.6. The van der Waals surface area contributed by atoms with Gasteiger partial charge in [-0.15, -0.1) is 0 Å². The van der Waals surface area contributed by atoms with E-state index in [9.17, 15) is 19.8 Å². The van der Waals surface area contributed by atoms with Gasteiger partial charge in [0.1, 0.15) is 0 Å². The average molecular weight is 1040 g/mol. The molecule has 0 aromatic rings. The predicted octanol–water partition coefficient (Wildman–Crippen LogP) is 21.1. The van der Waals surface area contributed by atoms with E-state index >= 15 is 0 Å². The van der Waals surface area contributed by atoms with Crippen LogP contribution in [0.25, 0.3) is 0 Å². The van der Waals surface area contributed by atoms with Gasteiger partial charge in [0, 0.05) is 12.8 Å². The number of unbranched alkanes of at least 4 members (excludes halogenated alkanes) is 47. The molecule has 3 N–H and O–H groups in total. The molecule has 6 nitrogen and oxygen atoms in total. The van der Waals surface area contributed by atoms with Crippen LogP contribution in [-0.4, -0.2) is 47.4 Å². The van der Waals surface area contributed by atoms with Crippen molar-refractivity contribution in [3.05, 3.63) is 36.5 Å². The maximum Gasteiger partial charge on any atom is 0.305 e. The first kappa shape index (κ1) is 72.1. The summed E-state index contributed by atoms with van der Waals surface area (Å²) < 4.78 is 5.49. The molecule has 0 fully saturated rings. The maximum atomic E-state index is 12.5. The number of aliphatic hydroxyl groups excluding tert-OH is 2. The van der Waals surface area contributed by atoms with E-state index < -0.39 is 12.1 Å². The number of amides is 1. The van der Waals surface area contributed by atoms with Crippen molar-refractivity contribution in [1.82, 2.24) is 5.32 Å². The van der Waals surface area contributed by atoms with Crippen molar-refractivity contribution in [2.75, 3.05) is 13.2 Å². The maximum absolute atomic E-state index is 12.5. The van der Waals surface area contributed by atoms with E-state index in [0.29, 0.717) is 19.4 Å². The van der Waals surface area contributed by atoms with Crippen molar-refractivity contribution in [2.24, 2.45) is 0 Å². The molecule has 1 amide bonds. The fourth-order valence-electron chi connectivity index (χ4n) is 10.3. The molecule has 0 saturated carbocycles. The number of esters is 1. The average Bonchev–Trinajstić information content (AvgIpc) is 3.40. The number of nitrogens with one attached hydrogen (secondary N) is 1. The topological polar surface area (TPSA) is 95.9 Å². The van der Waals surface area contributed by atoms with E-state index in [1.807, 2.05) is 6.08 Å². The highest BCUT2D eigenvalue weighted by molar-refractivity contribution is 5.76. The molecule has 2 atom stereocenters. The normalized spacial score (nSPS) is 12.8. The fourth-order valence-corrected chi connectivity index (χ4v) is 10.3. The van der Waals surface area contributed by atoms with Gasteiger partial charge in [-0.2, -0.15) is 0 Å². The zero-order valence-corrected chi connectivity index (χ0v) is 49.8. The summed E-state index contributed by atoms with van der Waals surface area (Å²) in [6, 6.07) is -0.632. The number of carbonyl (C=O) groups excluding carboxylic acids is 2. The summed E-state index contributed by atoms with van der Waals surface area (Å²) in [5.74, 6) is -0.0668. The van der Waals surface area contributed by atoms with E-state index in [0.717, 1.165) is 51.4 Å². The van der Waals surface area contributed by atoms with E-state index in [2.05, 4.69) is 43.5 Å². The van der Waals surface area contributed by atoms with Crippen molar-refractivity contribution in [1.29, 1.82) is 0 Å². The van der Waals surface area contributed by atoms with Crippen LogP contribution in [0.15, 0.2) is 36.5 Å². The molecule has 0 saturated heterocycles. The molecule has 0 heterocycles. The van der Waals surface area contributed by atoms with Crippen LogP contribution in [0.4, 0.5) is 0 Å². The summed E-state index contributed by atoms with van der Waals surface area (Å²) in [6.07, 6.45) is 80.5. The highest BCUT2D eigenvalue weighted by Gasteiger charge is 2.18. The van der Waals surface area contributed by atoms with Crippen molar-refractivity contribution >= 4 is 11.9 Å². The van der Waals surface area contributed by atoms with Gasteiger partial charge in [-0.3, -0.25) is 9.59 Å². The standard InChI is InChI=1S/C68H129NO5/c1-3-5-7-9-11-13-15-17-19-21-22-23-25-29-32-36-40-44-48-52-56-60-66(71)65(64-70)69-67(72)61-57-53-49-45-41-37-33-30-26-24-27-31-35-39-43-47-51-55-59-63-74-68(73)62-58-54-50-46-42-38-34-28-20-18-16-14-12-10-8-6-4-2/h12,14,18,20,56,60,65-66,70-71H,3-11,13,15-17,19,21-55,57-59,61-64H2,1-2H3,(H,69,72)/b14-12-,20-18-,60-56+. The molecule has 0 aromatic carbocycles. The monoisotopic (exact) mass is 1040 g/mol. The van der Waals surface area contributed by atoms with Gasteiger partial charge in [0.15, 0.2) is 0 Å². The second-order valence-corrected chi connectivity index (χ2v) is 22.8. The smallest absolute Gasteiger partial charge is 0.305 e. The summed E-state index contributed by atoms with van der Waals surface area (Å²) in [4.78, 5) is 24.6. The van der Waals surface area contributed by atoms with Crippen LogP contribution in [0.2, 0.25) is 0 Å². The lowest BCUT2D eigenvalue weighted by atomic mass is 10.0. The van der Waals surface area contributed by atoms with Gasteiger partial charge in [-0.25, -0.2) is 0 Å². The van der Waals surface area contributed by atoms with Gasteiger partial charge in [-0.1, -0.05) is 320 Å². The number of hydrogen-bond donors (Lipinski definition) is 3. The van der Waals surface area contributed by atoms with Gasteiger partial charge in [0.2, 0.25) is 5.91 Å². The number of aliphatic hydroxyl groups is 2. The lowest BCUT2D eigenvalue weighted by molar-refractivity contribution is -0.143. The van der Waals surface area contributed by atoms with Gasteiger partial charge in [-0.05, 0) is 64.2 Å². The Kier molecular flexibility index (Phi) is 62.0. The van der Waals surface area contributed by atoms with Gasteiger partial charge >= 0.3 is 5.97 Å². The molecular formula is C68H129NO5. The van der Waals surface area contributed by atoms with Gasteiger partial charge < -0.3 is 20.3 Å². The molecule has 0 aliphatic heterocycles. The van der Waals surface area contributed by atoms with Crippen molar-refractivity contribution in [2.45, 2.75) is 373 Å². The summed E-state index contributed by atoms with van der Waals surface area (Å²) in [6.45, 7) is 4.90. The first-order valence-corrected chi connectivity index (χ1v) is 33.3. The van der Waals surface area contributed by atoms with Crippen LogP contribution in [0.3, 0.4) is 0 Å². The summed E-state index contributed by atoms with van der Waals surface area (Å²) in [5.41, 5.74) is 0. The first-order valence-electron chi connectivity index (χ1n) is 33.3. The molecule has 0 radical (unpaired) electrons. The van der Waals surface area contributed by atoms with E-state index in [1.165, 1.54) is 283 Å². The van der Waals surface area contributed by atoms with E-state index in [4.69, 9.17) is 4.74 Å². The second kappa shape index (κ2) is 63.6. The second-order valence-electron chi connectivity index (χ2n) is 22.8. The predicted molar refractivity (Wildman–Crippen MR) is 324 cm³/mol. The van der Waals surface area contributed by atoms with Crippen LogP contribution in [-0.2, 0) is 14.3 Å². The summed E-state index contributed by atoms with van der Waals surface area (Å²) in [7, 11) is 0. The minimum Gasteiger partial charge on any atom is -0.466 e. The largest absolute Gasteiger partial charge is 0.466 e. The first-order chi connectivity index (χ1) is 36.5.